The number of nitrogens with one attached hydrogen (secondary N) is 1. The van der Waals surface area contributed by atoms with Crippen LogP contribution < -0.4 is 11.1 Å². The van der Waals surface area contributed by atoms with Crippen LogP contribution in [0.3, 0.4) is 0 Å². The van der Waals surface area contributed by atoms with Crippen molar-refractivity contribution < 1.29 is 13.9 Å². The molecule has 3 rings (SSSR count). The molecule has 2 aromatic rings. The zero-order valence-corrected chi connectivity index (χ0v) is 14.7. The van der Waals surface area contributed by atoms with Crippen LogP contribution in [0.25, 0.3) is 11.1 Å². The van der Waals surface area contributed by atoms with Crippen molar-refractivity contribution in [3.05, 3.63) is 24.1 Å². The summed E-state index contributed by atoms with van der Waals surface area (Å²) < 4.78 is 11.3. The summed E-state index contributed by atoms with van der Waals surface area (Å²) in [5.41, 5.74) is 7.16. The summed E-state index contributed by atoms with van der Waals surface area (Å²) in [5.74, 6) is 0.491. The standard InChI is InChI=1S/C18H25N3O3/c1-5-15-21-12-9-11(7-8-13(12)24-15)20-16(22)18(19)10-14(23-6-2)17(18,3)4/h7-9,14H,5-6,10,19H2,1-4H3,(H,20,22). The van der Waals surface area contributed by atoms with Crippen LogP contribution in [0.2, 0.25) is 0 Å². The van der Waals surface area contributed by atoms with Gasteiger partial charge in [-0.05, 0) is 25.1 Å². The molecule has 0 bridgehead atoms. The first-order valence-corrected chi connectivity index (χ1v) is 8.43. The SMILES string of the molecule is CCOC1CC(N)(C(=O)Nc2ccc3oc(CC)nc3c2)C1(C)C. The van der Waals surface area contributed by atoms with Crippen molar-refractivity contribution >= 4 is 22.7 Å². The van der Waals surface area contributed by atoms with Crippen LogP contribution in [0.15, 0.2) is 22.6 Å². The topological polar surface area (TPSA) is 90.4 Å². The Morgan fingerprint density at radius 1 is 1.46 bits per heavy atom. The molecule has 24 heavy (non-hydrogen) atoms. The van der Waals surface area contributed by atoms with E-state index < -0.39 is 11.0 Å². The zero-order valence-electron chi connectivity index (χ0n) is 14.7. The van der Waals surface area contributed by atoms with Gasteiger partial charge in [-0.3, -0.25) is 4.79 Å². The number of carbonyl (C=O) groups excluding carboxylic acids is 1. The third-order valence-electron chi connectivity index (χ3n) is 5.23. The molecule has 130 valence electrons. The minimum Gasteiger partial charge on any atom is -0.441 e. The highest BCUT2D eigenvalue weighted by Gasteiger charge is 2.62. The van der Waals surface area contributed by atoms with Crippen LogP contribution in [0.5, 0.6) is 0 Å². The van der Waals surface area contributed by atoms with Crippen molar-refractivity contribution in [3.8, 4) is 0 Å². The molecule has 1 aliphatic rings. The first-order valence-electron chi connectivity index (χ1n) is 8.43. The second-order valence-corrected chi connectivity index (χ2v) is 6.94. The fraction of sp³-hybridized carbons (Fsp3) is 0.556. The maximum atomic E-state index is 12.7. The van der Waals surface area contributed by atoms with Gasteiger partial charge in [0.15, 0.2) is 11.5 Å². The normalized spacial score (nSPS) is 25.5. The monoisotopic (exact) mass is 331 g/mol. The van der Waals surface area contributed by atoms with E-state index in [2.05, 4.69) is 10.3 Å². The number of hydrogen-bond acceptors (Lipinski definition) is 5. The number of ether oxygens (including phenoxy) is 1. The Balaban J connectivity index is 1.77. The molecule has 3 N–H and O–H groups in total. The molecule has 0 spiro atoms. The number of amides is 1. The van der Waals surface area contributed by atoms with Crippen LogP contribution >= 0.6 is 0 Å². The predicted octanol–water partition coefficient (Wildman–Crippen LogP) is 2.86. The number of oxazole rings is 1. The lowest BCUT2D eigenvalue weighted by atomic mass is 9.54. The highest BCUT2D eigenvalue weighted by molar-refractivity contribution is 6.00. The van der Waals surface area contributed by atoms with E-state index in [4.69, 9.17) is 14.9 Å². The van der Waals surface area contributed by atoms with Crippen molar-refractivity contribution in [1.82, 2.24) is 4.98 Å². The van der Waals surface area contributed by atoms with Gasteiger partial charge < -0.3 is 20.2 Å². The molecule has 6 nitrogen and oxygen atoms in total. The number of rotatable bonds is 5. The van der Waals surface area contributed by atoms with Crippen molar-refractivity contribution in [1.29, 1.82) is 0 Å². The van der Waals surface area contributed by atoms with Gasteiger partial charge in [-0.1, -0.05) is 20.8 Å². The zero-order chi connectivity index (χ0) is 17.5. The lowest BCUT2D eigenvalue weighted by molar-refractivity contribution is -0.166. The summed E-state index contributed by atoms with van der Waals surface area (Å²) in [6.45, 7) is 8.51. The number of hydrogen-bond donors (Lipinski definition) is 2. The summed E-state index contributed by atoms with van der Waals surface area (Å²) in [7, 11) is 0. The van der Waals surface area contributed by atoms with Gasteiger partial charge in [0.05, 0.1) is 6.10 Å². The van der Waals surface area contributed by atoms with E-state index in [1.54, 1.807) is 6.07 Å². The van der Waals surface area contributed by atoms with Gasteiger partial charge in [-0.15, -0.1) is 0 Å². The van der Waals surface area contributed by atoms with Gasteiger partial charge >= 0.3 is 0 Å². The molecule has 1 aromatic heterocycles. The highest BCUT2D eigenvalue weighted by atomic mass is 16.5. The van der Waals surface area contributed by atoms with E-state index >= 15 is 0 Å². The highest BCUT2D eigenvalue weighted by Crippen LogP contribution is 2.50. The average molecular weight is 331 g/mol. The maximum absolute atomic E-state index is 12.7. The molecule has 2 unspecified atom stereocenters. The molecule has 1 saturated carbocycles. The van der Waals surface area contributed by atoms with Crippen molar-refractivity contribution in [3.63, 3.8) is 0 Å². The van der Waals surface area contributed by atoms with Gasteiger partial charge in [-0.25, -0.2) is 4.98 Å². The van der Waals surface area contributed by atoms with Crippen LogP contribution in [-0.2, 0) is 16.0 Å². The second kappa shape index (κ2) is 5.86. The van der Waals surface area contributed by atoms with Crippen molar-refractivity contribution in [2.45, 2.75) is 52.2 Å². The number of aromatic nitrogens is 1. The molecule has 1 fully saturated rings. The number of anilines is 1. The van der Waals surface area contributed by atoms with E-state index in [0.717, 1.165) is 11.9 Å². The minimum atomic E-state index is -0.944. The Morgan fingerprint density at radius 2 is 2.21 bits per heavy atom. The minimum absolute atomic E-state index is 0.00313. The summed E-state index contributed by atoms with van der Waals surface area (Å²) in [6, 6.07) is 5.43. The summed E-state index contributed by atoms with van der Waals surface area (Å²) >= 11 is 0. The second-order valence-electron chi connectivity index (χ2n) is 6.94. The maximum Gasteiger partial charge on any atom is 0.245 e. The van der Waals surface area contributed by atoms with E-state index in [1.165, 1.54) is 0 Å². The van der Waals surface area contributed by atoms with E-state index in [1.807, 2.05) is 39.8 Å². The number of nitrogens with two attached hydrogens (primary N) is 1. The van der Waals surface area contributed by atoms with Gasteiger partial charge in [0.25, 0.3) is 0 Å². The van der Waals surface area contributed by atoms with Crippen LogP contribution in [0.4, 0.5) is 5.69 Å². The Bertz CT molecular complexity index is 768. The molecule has 1 aromatic carbocycles. The molecule has 6 heteroatoms. The number of nitrogens with zero attached hydrogens (tertiary/aromatic N) is 1. The summed E-state index contributed by atoms with van der Waals surface area (Å²) in [4.78, 5) is 17.1. The average Bonchev–Trinajstić information content (AvgIpc) is 2.96. The molecule has 0 saturated heterocycles. The number of carbonyl (C=O) groups is 1. The van der Waals surface area contributed by atoms with E-state index in [-0.39, 0.29) is 12.0 Å². The van der Waals surface area contributed by atoms with Gasteiger partial charge in [0.2, 0.25) is 5.91 Å². The summed E-state index contributed by atoms with van der Waals surface area (Å²) in [5, 5.41) is 2.92. The molecule has 1 amide bonds. The smallest absolute Gasteiger partial charge is 0.245 e. The number of aryl methyl sites for hydroxylation is 1. The lowest BCUT2D eigenvalue weighted by Gasteiger charge is -2.57. The predicted molar refractivity (Wildman–Crippen MR) is 92.7 cm³/mol. The van der Waals surface area contributed by atoms with Gasteiger partial charge in [0, 0.05) is 30.6 Å². The molecule has 1 heterocycles. The van der Waals surface area contributed by atoms with Crippen molar-refractivity contribution in [2.24, 2.45) is 11.1 Å². The third-order valence-corrected chi connectivity index (χ3v) is 5.23. The van der Waals surface area contributed by atoms with Crippen molar-refractivity contribution in [2.75, 3.05) is 11.9 Å². The number of benzene rings is 1. The Hall–Kier alpha value is -1.92. The van der Waals surface area contributed by atoms with E-state index in [9.17, 15) is 4.79 Å². The third kappa shape index (κ3) is 2.50. The van der Waals surface area contributed by atoms with Gasteiger partial charge in [0.1, 0.15) is 11.1 Å². The molecule has 2 atom stereocenters. The fourth-order valence-electron chi connectivity index (χ4n) is 3.27. The molecular formula is C18H25N3O3. The van der Waals surface area contributed by atoms with Crippen LogP contribution in [0, 0.1) is 5.41 Å². The Labute approximate surface area is 141 Å². The Morgan fingerprint density at radius 3 is 2.83 bits per heavy atom. The Kier molecular flexibility index (Phi) is 4.13. The first-order chi connectivity index (χ1) is 11.3. The fourth-order valence-corrected chi connectivity index (χ4v) is 3.27. The lowest BCUT2D eigenvalue weighted by Crippen LogP contribution is -2.74. The number of fused-ring (bicyclic) bond motifs is 1. The quantitative estimate of drug-likeness (QED) is 0.879. The molecule has 1 aliphatic carbocycles. The van der Waals surface area contributed by atoms with Crippen LogP contribution in [-0.4, -0.2) is 29.1 Å². The molecule has 0 radical (unpaired) electrons. The van der Waals surface area contributed by atoms with Gasteiger partial charge in [-0.2, -0.15) is 0 Å². The molecule has 0 aliphatic heterocycles. The largest absolute Gasteiger partial charge is 0.441 e. The van der Waals surface area contributed by atoms with Crippen LogP contribution in [0.1, 0.15) is 40.0 Å². The molecular weight excluding hydrogens is 306 g/mol. The summed E-state index contributed by atoms with van der Waals surface area (Å²) in [6.07, 6.45) is 1.25. The van der Waals surface area contributed by atoms with E-state index in [0.29, 0.717) is 30.2 Å². The first kappa shape index (κ1) is 16.9.